The first-order valence-electron chi connectivity index (χ1n) is 4.97. The van der Waals surface area contributed by atoms with Gasteiger partial charge in [-0.1, -0.05) is 13.8 Å². The average molecular weight is 242 g/mol. The number of amides is 1. The molecule has 1 heterocycles. The van der Waals surface area contributed by atoms with E-state index in [0.29, 0.717) is 10.0 Å². The molecule has 88 valence electrons. The maximum Gasteiger partial charge on any atom is 0.355 e. The first kappa shape index (κ1) is 12.6. The van der Waals surface area contributed by atoms with Crippen molar-refractivity contribution in [1.82, 2.24) is 4.98 Å². The van der Waals surface area contributed by atoms with E-state index in [0.717, 1.165) is 6.42 Å². The Bertz CT molecular complexity index is 414. The van der Waals surface area contributed by atoms with Crippen LogP contribution >= 0.6 is 11.3 Å². The topological polar surface area (TPSA) is 79.3 Å². The Balaban J connectivity index is 3.09. The molecule has 0 aliphatic carbocycles. The fourth-order valence-electron chi connectivity index (χ4n) is 1.21. The minimum atomic E-state index is -1.05. The van der Waals surface area contributed by atoms with E-state index in [2.05, 4.69) is 10.3 Å². The maximum atomic E-state index is 11.0. The number of aromatic carboxylic acids is 1. The van der Waals surface area contributed by atoms with Crippen molar-refractivity contribution < 1.29 is 14.7 Å². The highest BCUT2D eigenvalue weighted by molar-refractivity contribution is 7.16. The Kier molecular flexibility index (Phi) is 4.00. The maximum absolute atomic E-state index is 11.0. The molecule has 0 bridgehead atoms. The van der Waals surface area contributed by atoms with Gasteiger partial charge in [0.15, 0.2) is 10.8 Å². The van der Waals surface area contributed by atoms with Crippen molar-refractivity contribution in [1.29, 1.82) is 0 Å². The molecule has 1 atom stereocenters. The van der Waals surface area contributed by atoms with Crippen LogP contribution in [-0.4, -0.2) is 22.0 Å². The van der Waals surface area contributed by atoms with Gasteiger partial charge in [0.05, 0.1) is 0 Å². The number of aromatic nitrogens is 1. The van der Waals surface area contributed by atoms with Crippen molar-refractivity contribution in [2.24, 2.45) is 0 Å². The van der Waals surface area contributed by atoms with E-state index in [1.807, 2.05) is 13.8 Å². The van der Waals surface area contributed by atoms with Crippen LogP contribution in [0.1, 0.15) is 48.5 Å². The molecule has 5 nitrogen and oxygen atoms in total. The summed E-state index contributed by atoms with van der Waals surface area (Å²) >= 11 is 1.22. The molecule has 1 aromatic heterocycles. The predicted molar refractivity (Wildman–Crippen MR) is 62.1 cm³/mol. The Morgan fingerprint density at radius 2 is 2.19 bits per heavy atom. The molecular formula is C10H14N2O3S. The molecule has 0 spiro atoms. The Morgan fingerprint density at radius 3 is 2.62 bits per heavy atom. The van der Waals surface area contributed by atoms with E-state index in [9.17, 15) is 9.59 Å². The summed E-state index contributed by atoms with van der Waals surface area (Å²) in [6.07, 6.45) is 0.835. The van der Waals surface area contributed by atoms with Crippen LogP contribution in [0.25, 0.3) is 0 Å². The molecule has 0 aliphatic rings. The van der Waals surface area contributed by atoms with Crippen LogP contribution in [-0.2, 0) is 4.79 Å². The number of hydrogen-bond acceptors (Lipinski definition) is 4. The standard InChI is InChI=1S/C10H14N2O3S/c1-4-5(2)8-7(9(14)15)12-10(16-8)11-6(3)13/h5H,4H2,1-3H3,(H,14,15)(H,11,12,13). The number of carboxylic acid groups (broad SMARTS) is 1. The molecule has 16 heavy (non-hydrogen) atoms. The van der Waals surface area contributed by atoms with Crippen molar-refractivity contribution in [2.75, 3.05) is 5.32 Å². The van der Waals surface area contributed by atoms with Crippen LogP contribution in [0.3, 0.4) is 0 Å². The van der Waals surface area contributed by atoms with Gasteiger partial charge < -0.3 is 10.4 Å². The highest BCUT2D eigenvalue weighted by Gasteiger charge is 2.21. The molecule has 1 rings (SSSR count). The lowest BCUT2D eigenvalue weighted by Gasteiger charge is -2.04. The first-order chi connectivity index (χ1) is 7.45. The molecule has 0 radical (unpaired) electrons. The Morgan fingerprint density at radius 1 is 1.56 bits per heavy atom. The van der Waals surface area contributed by atoms with E-state index in [1.165, 1.54) is 18.3 Å². The molecule has 1 aromatic rings. The summed E-state index contributed by atoms with van der Waals surface area (Å²) in [5, 5.41) is 11.8. The first-order valence-corrected chi connectivity index (χ1v) is 5.79. The van der Waals surface area contributed by atoms with Gasteiger partial charge >= 0.3 is 5.97 Å². The third kappa shape index (κ3) is 2.79. The van der Waals surface area contributed by atoms with Crippen molar-refractivity contribution >= 4 is 28.3 Å². The number of anilines is 1. The van der Waals surface area contributed by atoms with Gasteiger partial charge in [0.1, 0.15) is 0 Å². The third-order valence-corrected chi connectivity index (χ3v) is 3.40. The minimum Gasteiger partial charge on any atom is -0.476 e. The quantitative estimate of drug-likeness (QED) is 0.849. The van der Waals surface area contributed by atoms with E-state index in [1.54, 1.807) is 0 Å². The number of rotatable bonds is 4. The van der Waals surface area contributed by atoms with Gasteiger partial charge in [0.2, 0.25) is 5.91 Å². The minimum absolute atomic E-state index is 0.0445. The highest BCUT2D eigenvalue weighted by atomic mass is 32.1. The second-order valence-corrected chi connectivity index (χ2v) is 4.56. The monoisotopic (exact) mass is 242 g/mol. The summed E-state index contributed by atoms with van der Waals surface area (Å²) in [6, 6.07) is 0. The lowest BCUT2D eigenvalue weighted by Crippen LogP contribution is -2.06. The summed E-state index contributed by atoms with van der Waals surface area (Å²) in [5.41, 5.74) is 0.0445. The second-order valence-electron chi connectivity index (χ2n) is 3.53. The van der Waals surface area contributed by atoms with Gasteiger partial charge in [0.25, 0.3) is 0 Å². The fraction of sp³-hybridized carbons (Fsp3) is 0.500. The fourth-order valence-corrected chi connectivity index (χ4v) is 2.35. The van der Waals surface area contributed by atoms with E-state index >= 15 is 0 Å². The lowest BCUT2D eigenvalue weighted by atomic mass is 10.1. The van der Waals surface area contributed by atoms with Crippen molar-refractivity contribution in [3.8, 4) is 0 Å². The summed E-state index contributed by atoms with van der Waals surface area (Å²) in [5.74, 6) is -1.17. The van der Waals surface area contributed by atoms with Crippen LogP contribution in [0.15, 0.2) is 0 Å². The van der Waals surface area contributed by atoms with Crippen LogP contribution in [0.5, 0.6) is 0 Å². The summed E-state index contributed by atoms with van der Waals surface area (Å²) in [4.78, 5) is 26.4. The number of carbonyl (C=O) groups is 2. The molecule has 0 saturated heterocycles. The molecule has 0 aliphatic heterocycles. The van der Waals surface area contributed by atoms with Gasteiger partial charge in [-0.05, 0) is 12.3 Å². The second kappa shape index (κ2) is 5.07. The number of nitrogens with one attached hydrogen (secondary N) is 1. The summed E-state index contributed by atoms with van der Waals surface area (Å²) in [7, 11) is 0. The van der Waals surface area contributed by atoms with Crippen LogP contribution in [0, 0.1) is 0 Å². The van der Waals surface area contributed by atoms with Gasteiger partial charge in [-0.15, -0.1) is 11.3 Å². The zero-order chi connectivity index (χ0) is 12.3. The number of hydrogen-bond donors (Lipinski definition) is 2. The number of carbonyl (C=O) groups excluding carboxylic acids is 1. The molecule has 1 unspecified atom stereocenters. The van der Waals surface area contributed by atoms with Crippen molar-refractivity contribution in [3.63, 3.8) is 0 Å². The molecule has 6 heteroatoms. The van der Waals surface area contributed by atoms with Gasteiger partial charge in [-0.25, -0.2) is 9.78 Å². The molecule has 0 aromatic carbocycles. The smallest absolute Gasteiger partial charge is 0.355 e. The molecule has 1 amide bonds. The van der Waals surface area contributed by atoms with E-state index in [4.69, 9.17) is 5.11 Å². The van der Waals surface area contributed by atoms with E-state index in [-0.39, 0.29) is 17.5 Å². The summed E-state index contributed by atoms with van der Waals surface area (Å²) < 4.78 is 0. The normalized spacial score (nSPS) is 12.2. The van der Waals surface area contributed by atoms with Crippen molar-refractivity contribution in [2.45, 2.75) is 33.1 Å². The zero-order valence-electron chi connectivity index (χ0n) is 9.40. The average Bonchev–Trinajstić information content (AvgIpc) is 2.59. The molecule has 2 N–H and O–H groups in total. The number of nitrogens with zero attached hydrogens (tertiary/aromatic N) is 1. The van der Waals surface area contributed by atoms with Crippen molar-refractivity contribution in [3.05, 3.63) is 10.6 Å². The van der Waals surface area contributed by atoms with Gasteiger partial charge in [-0.3, -0.25) is 4.79 Å². The van der Waals surface area contributed by atoms with Crippen LogP contribution in [0.2, 0.25) is 0 Å². The largest absolute Gasteiger partial charge is 0.476 e. The highest BCUT2D eigenvalue weighted by Crippen LogP contribution is 2.31. The summed E-state index contributed by atoms with van der Waals surface area (Å²) in [6.45, 7) is 5.29. The van der Waals surface area contributed by atoms with Gasteiger partial charge in [-0.2, -0.15) is 0 Å². The lowest BCUT2D eigenvalue weighted by molar-refractivity contribution is -0.114. The van der Waals surface area contributed by atoms with E-state index < -0.39 is 5.97 Å². The Labute approximate surface area is 97.5 Å². The van der Waals surface area contributed by atoms with Gasteiger partial charge in [0, 0.05) is 11.8 Å². The molecule has 0 fully saturated rings. The van der Waals surface area contributed by atoms with Crippen LogP contribution in [0.4, 0.5) is 5.13 Å². The molecular weight excluding hydrogens is 228 g/mol. The SMILES string of the molecule is CCC(C)c1sc(NC(C)=O)nc1C(=O)O. The van der Waals surface area contributed by atoms with Crippen LogP contribution < -0.4 is 5.32 Å². The zero-order valence-corrected chi connectivity index (χ0v) is 10.2. The third-order valence-electron chi connectivity index (χ3n) is 2.20. The molecule has 0 saturated carbocycles. The Hall–Kier alpha value is -1.43. The predicted octanol–water partition coefficient (Wildman–Crippen LogP) is 2.31. The number of carboxylic acids is 1. The number of thiazole rings is 1.